The number of carbonyl (C=O) groups is 1. The predicted octanol–water partition coefficient (Wildman–Crippen LogP) is 2.57. The molecule has 2 aromatic rings. The summed E-state index contributed by atoms with van der Waals surface area (Å²) in [6, 6.07) is 8.50. The zero-order chi connectivity index (χ0) is 16.5. The van der Waals surface area contributed by atoms with E-state index < -0.39 is 0 Å². The maximum atomic E-state index is 13.0. The Labute approximate surface area is 140 Å². The third kappa shape index (κ3) is 2.94. The number of hydrogen-bond acceptors (Lipinski definition) is 3. The van der Waals surface area contributed by atoms with Crippen LogP contribution in [0, 0.1) is 5.82 Å². The summed E-state index contributed by atoms with van der Waals surface area (Å²) in [6.45, 7) is 2.22. The number of fused-ring (bicyclic) bond motifs is 1. The van der Waals surface area contributed by atoms with Crippen LogP contribution in [0.15, 0.2) is 30.3 Å². The second-order valence-electron chi connectivity index (χ2n) is 6.64. The summed E-state index contributed by atoms with van der Waals surface area (Å²) in [5.74, 6) is -0.404. The minimum Gasteiger partial charge on any atom is -0.346 e. The van der Waals surface area contributed by atoms with Gasteiger partial charge in [-0.1, -0.05) is 6.42 Å². The molecule has 0 aliphatic carbocycles. The lowest BCUT2D eigenvalue weighted by molar-refractivity contribution is 0.0910. The fourth-order valence-corrected chi connectivity index (χ4v) is 3.87. The number of rotatable bonds is 3. The third-order valence-electron chi connectivity index (χ3n) is 5.13. The number of nitrogens with one attached hydrogen (secondary N) is 2. The molecule has 2 aliphatic heterocycles. The number of benzene rings is 1. The molecule has 0 spiro atoms. The molecule has 126 valence electrons. The van der Waals surface area contributed by atoms with E-state index in [4.69, 9.17) is 0 Å². The summed E-state index contributed by atoms with van der Waals surface area (Å²) in [6.07, 6.45) is 4.68. The van der Waals surface area contributed by atoms with Crippen molar-refractivity contribution in [2.75, 3.05) is 13.1 Å². The molecule has 1 aromatic carbocycles. The van der Waals surface area contributed by atoms with Crippen LogP contribution in [0.3, 0.4) is 0 Å². The molecule has 5 nitrogen and oxygen atoms in total. The topological polar surface area (TPSA) is 61.0 Å². The van der Waals surface area contributed by atoms with Crippen LogP contribution in [0.1, 0.15) is 36.2 Å². The molecular formula is C18H21FN4O. The lowest BCUT2D eigenvalue weighted by Gasteiger charge is -2.32. The molecule has 1 aromatic heterocycles. The van der Waals surface area contributed by atoms with E-state index in [0.29, 0.717) is 17.4 Å². The van der Waals surface area contributed by atoms with Crippen molar-refractivity contribution in [3.05, 3.63) is 41.8 Å². The number of piperidine rings is 1. The minimum absolute atomic E-state index is 0.117. The van der Waals surface area contributed by atoms with Gasteiger partial charge in [0.2, 0.25) is 0 Å². The minimum atomic E-state index is -0.287. The second-order valence-corrected chi connectivity index (χ2v) is 6.64. The van der Waals surface area contributed by atoms with Crippen LogP contribution in [0.4, 0.5) is 4.39 Å². The molecule has 0 unspecified atom stereocenters. The van der Waals surface area contributed by atoms with Crippen LogP contribution in [-0.2, 0) is 0 Å². The van der Waals surface area contributed by atoms with Gasteiger partial charge in [-0.05, 0) is 56.1 Å². The van der Waals surface area contributed by atoms with Gasteiger partial charge in [0.05, 0.1) is 5.69 Å². The van der Waals surface area contributed by atoms with E-state index in [-0.39, 0.29) is 17.8 Å². The molecule has 2 fully saturated rings. The van der Waals surface area contributed by atoms with E-state index in [2.05, 4.69) is 20.4 Å². The molecule has 2 aliphatic rings. The highest BCUT2D eigenvalue weighted by atomic mass is 19.1. The Morgan fingerprint density at radius 3 is 2.88 bits per heavy atom. The quantitative estimate of drug-likeness (QED) is 0.910. The molecule has 0 radical (unpaired) electrons. The summed E-state index contributed by atoms with van der Waals surface area (Å²) >= 11 is 0. The SMILES string of the molecule is O=C(N[C@@H]1CCN2CCCC[C@H]12)c1cc(-c2ccc(F)cc2)n[nH]1. The van der Waals surface area contributed by atoms with Crippen molar-refractivity contribution in [2.45, 2.75) is 37.8 Å². The zero-order valence-corrected chi connectivity index (χ0v) is 13.5. The Morgan fingerprint density at radius 1 is 1.21 bits per heavy atom. The van der Waals surface area contributed by atoms with E-state index in [0.717, 1.165) is 31.5 Å². The molecule has 3 heterocycles. The largest absolute Gasteiger partial charge is 0.346 e. The van der Waals surface area contributed by atoms with Crippen LogP contribution in [-0.4, -0.2) is 46.2 Å². The molecule has 0 bridgehead atoms. The van der Waals surface area contributed by atoms with Gasteiger partial charge in [0.25, 0.3) is 5.91 Å². The van der Waals surface area contributed by atoms with Crippen molar-refractivity contribution in [3.63, 3.8) is 0 Å². The molecule has 2 N–H and O–H groups in total. The number of nitrogens with zero attached hydrogens (tertiary/aromatic N) is 2. The molecule has 2 saturated heterocycles. The first kappa shape index (κ1) is 15.3. The fourth-order valence-electron chi connectivity index (χ4n) is 3.87. The number of carbonyl (C=O) groups excluding carboxylic acids is 1. The van der Waals surface area contributed by atoms with Crippen molar-refractivity contribution in [3.8, 4) is 11.3 Å². The first-order chi connectivity index (χ1) is 11.7. The predicted molar refractivity (Wildman–Crippen MR) is 89.1 cm³/mol. The van der Waals surface area contributed by atoms with E-state index in [1.165, 1.54) is 25.0 Å². The summed E-state index contributed by atoms with van der Waals surface area (Å²) in [5, 5.41) is 10.1. The summed E-state index contributed by atoms with van der Waals surface area (Å²) < 4.78 is 13.0. The van der Waals surface area contributed by atoms with Crippen LogP contribution in [0.2, 0.25) is 0 Å². The maximum Gasteiger partial charge on any atom is 0.269 e. The Balaban J connectivity index is 1.44. The van der Waals surface area contributed by atoms with Crippen LogP contribution in [0.5, 0.6) is 0 Å². The number of hydrogen-bond donors (Lipinski definition) is 2. The van der Waals surface area contributed by atoms with Gasteiger partial charge in [0.15, 0.2) is 0 Å². The molecule has 1 amide bonds. The average Bonchev–Trinajstić information content (AvgIpc) is 3.23. The van der Waals surface area contributed by atoms with Crippen molar-refractivity contribution in [1.29, 1.82) is 0 Å². The Bertz CT molecular complexity index is 727. The Hall–Kier alpha value is -2.21. The first-order valence-corrected chi connectivity index (χ1v) is 8.57. The van der Waals surface area contributed by atoms with Gasteiger partial charge in [-0.25, -0.2) is 4.39 Å². The number of halogens is 1. The Kier molecular flexibility index (Phi) is 4.06. The molecule has 0 saturated carbocycles. The molecule has 2 atom stereocenters. The highest BCUT2D eigenvalue weighted by Gasteiger charge is 2.36. The van der Waals surface area contributed by atoms with Crippen molar-refractivity contribution in [2.24, 2.45) is 0 Å². The van der Waals surface area contributed by atoms with Crippen molar-refractivity contribution < 1.29 is 9.18 Å². The van der Waals surface area contributed by atoms with Gasteiger partial charge < -0.3 is 5.32 Å². The lowest BCUT2D eigenvalue weighted by Crippen LogP contribution is -2.46. The average molecular weight is 328 g/mol. The lowest BCUT2D eigenvalue weighted by atomic mass is 9.99. The molecule has 6 heteroatoms. The zero-order valence-electron chi connectivity index (χ0n) is 13.5. The third-order valence-corrected chi connectivity index (χ3v) is 5.13. The van der Waals surface area contributed by atoms with Crippen molar-refractivity contribution in [1.82, 2.24) is 20.4 Å². The van der Waals surface area contributed by atoms with E-state index in [1.54, 1.807) is 18.2 Å². The van der Waals surface area contributed by atoms with Gasteiger partial charge in [0, 0.05) is 24.2 Å². The molecule has 24 heavy (non-hydrogen) atoms. The summed E-state index contributed by atoms with van der Waals surface area (Å²) in [7, 11) is 0. The van der Waals surface area contributed by atoms with Gasteiger partial charge in [-0.2, -0.15) is 5.10 Å². The number of amides is 1. The van der Waals surface area contributed by atoms with Crippen molar-refractivity contribution >= 4 is 5.91 Å². The first-order valence-electron chi connectivity index (χ1n) is 8.57. The second kappa shape index (κ2) is 6.36. The van der Waals surface area contributed by atoms with Gasteiger partial charge in [-0.15, -0.1) is 0 Å². The standard InChI is InChI=1S/C18H21FN4O/c19-13-6-4-12(5-7-13)15-11-16(22-21-15)18(24)20-14-8-10-23-9-2-1-3-17(14)23/h4-7,11,14,17H,1-3,8-10H2,(H,20,24)(H,21,22)/t14-,17-/m1/s1. The van der Waals surface area contributed by atoms with Crippen LogP contribution >= 0.6 is 0 Å². The number of aromatic amines is 1. The highest BCUT2D eigenvalue weighted by molar-refractivity contribution is 5.93. The van der Waals surface area contributed by atoms with E-state index >= 15 is 0 Å². The fraction of sp³-hybridized carbons (Fsp3) is 0.444. The number of aromatic nitrogens is 2. The van der Waals surface area contributed by atoms with Crippen LogP contribution in [0.25, 0.3) is 11.3 Å². The number of H-pyrrole nitrogens is 1. The highest BCUT2D eigenvalue weighted by Crippen LogP contribution is 2.27. The van der Waals surface area contributed by atoms with Crippen LogP contribution < -0.4 is 5.32 Å². The Morgan fingerprint density at radius 2 is 2.04 bits per heavy atom. The monoisotopic (exact) mass is 328 g/mol. The van der Waals surface area contributed by atoms with E-state index in [9.17, 15) is 9.18 Å². The molecule has 4 rings (SSSR count). The normalized spacial score (nSPS) is 23.9. The van der Waals surface area contributed by atoms with Gasteiger partial charge >= 0.3 is 0 Å². The van der Waals surface area contributed by atoms with Gasteiger partial charge in [-0.3, -0.25) is 14.8 Å². The summed E-state index contributed by atoms with van der Waals surface area (Å²) in [4.78, 5) is 15.0. The maximum absolute atomic E-state index is 13.0. The van der Waals surface area contributed by atoms with Gasteiger partial charge in [0.1, 0.15) is 11.5 Å². The summed E-state index contributed by atoms with van der Waals surface area (Å²) in [5.41, 5.74) is 1.88. The molecular weight excluding hydrogens is 307 g/mol. The van der Waals surface area contributed by atoms with E-state index in [1.807, 2.05) is 0 Å². The smallest absolute Gasteiger partial charge is 0.269 e.